The van der Waals surface area contributed by atoms with E-state index in [0.29, 0.717) is 6.61 Å². The molecule has 0 unspecified atom stereocenters. The summed E-state index contributed by atoms with van der Waals surface area (Å²) in [4.78, 5) is 7.12. The zero-order chi connectivity index (χ0) is 13.8. The molecule has 1 saturated heterocycles. The lowest BCUT2D eigenvalue weighted by Crippen LogP contribution is -2.25. The van der Waals surface area contributed by atoms with Crippen molar-refractivity contribution >= 4 is 26.7 Å². The smallest absolute Gasteiger partial charge is 0.183 e. The molecule has 108 valence electrons. The molecule has 0 amide bonds. The van der Waals surface area contributed by atoms with Crippen LogP contribution in [0.1, 0.15) is 19.8 Å². The van der Waals surface area contributed by atoms with Crippen molar-refractivity contribution < 1.29 is 4.74 Å². The van der Waals surface area contributed by atoms with Gasteiger partial charge in [0.1, 0.15) is 5.75 Å². The SMILES string of the molecule is CCOc1ccc2nc(NCCN3CCCC3)sc2c1. The number of rotatable bonds is 6. The molecule has 5 heteroatoms. The van der Waals surface area contributed by atoms with Gasteiger partial charge in [0.15, 0.2) is 5.13 Å². The van der Waals surface area contributed by atoms with E-state index in [9.17, 15) is 0 Å². The van der Waals surface area contributed by atoms with Crippen LogP contribution in [-0.4, -0.2) is 42.7 Å². The zero-order valence-corrected chi connectivity index (χ0v) is 12.7. The summed E-state index contributed by atoms with van der Waals surface area (Å²) in [5, 5.41) is 4.44. The highest BCUT2D eigenvalue weighted by atomic mass is 32.1. The van der Waals surface area contributed by atoms with Gasteiger partial charge in [0, 0.05) is 13.1 Å². The maximum absolute atomic E-state index is 5.52. The number of benzene rings is 1. The molecule has 20 heavy (non-hydrogen) atoms. The molecule has 1 fully saturated rings. The fraction of sp³-hybridized carbons (Fsp3) is 0.533. The molecule has 0 atom stereocenters. The lowest BCUT2D eigenvalue weighted by atomic mass is 10.3. The molecule has 1 aromatic carbocycles. The number of thiazole rings is 1. The highest BCUT2D eigenvalue weighted by molar-refractivity contribution is 7.22. The van der Waals surface area contributed by atoms with Gasteiger partial charge in [0.2, 0.25) is 0 Å². The zero-order valence-electron chi connectivity index (χ0n) is 11.9. The quantitative estimate of drug-likeness (QED) is 0.887. The minimum Gasteiger partial charge on any atom is -0.494 e. The third-order valence-electron chi connectivity index (χ3n) is 3.57. The molecule has 0 bridgehead atoms. The number of ether oxygens (including phenoxy) is 1. The first-order chi connectivity index (χ1) is 9.85. The lowest BCUT2D eigenvalue weighted by molar-refractivity contribution is 0.341. The van der Waals surface area contributed by atoms with Gasteiger partial charge in [0.25, 0.3) is 0 Å². The Balaban J connectivity index is 1.60. The van der Waals surface area contributed by atoms with E-state index >= 15 is 0 Å². The Morgan fingerprint density at radius 1 is 1.35 bits per heavy atom. The second kappa shape index (κ2) is 6.41. The minimum absolute atomic E-state index is 0.700. The molecule has 3 rings (SSSR count). The van der Waals surface area contributed by atoms with E-state index in [2.05, 4.69) is 21.3 Å². The molecule has 2 aromatic rings. The third-order valence-corrected chi connectivity index (χ3v) is 4.55. The molecule has 1 aromatic heterocycles. The second-order valence-corrected chi connectivity index (χ2v) is 6.09. The monoisotopic (exact) mass is 291 g/mol. The van der Waals surface area contributed by atoms with Gasteiger partial charge in [-0.2, -0.15) is 0 Å². The first-order valence-corrected chi connectivity index (χ1v) is 8.16. The van der Waals surface area contributed by atoms with E-state index in [1.54, 1.807) is 11.3 Å². The normalized spacial score (nSPS) is 15.8. The Hall–Kier alpha value is -1.33. The van der Waals surface area contributed by atoms with Crippen molar-refractivity contribution in [3.63, 3.8) is 0 Å². The van der Waals surface area contributed by atoms with Crippen LogP contribution in [-0.2, 0) is 0 Å². The van der Waals surface area contributed by atoms with E-state index in [4.69, 9.17) is 4.74 Å². The number of hydrogen-bond donors (Lipinski definition) is 1. The summed E-state index contributed by atoms with van der Waals surface area (Å²) < 4.78 is 6.70. The first-order valence-electron chi connectivity index (χ1n) is 7.35. The topological polar surface area (TPSA) is 37.4 Å². The molecule has 2 heterocycles. The van der Waals surface area contributed by atoms with Crippen molar-refractivity contribution in [2.45, 2.75) is 19.8 Å². The number of fused-ring (bicyclic) bond motifs is 1. The number of nitrogens with one attached hydrogen (secondary N) is 1. The van der Waals surface area contributed by atoms with Gasteiger partial charge in [-0.05, 0) is 51.1 Å². The van der Waals surface area contributed by atoms with E-state index in [1.807, 2.05) is 19.1 Å². The summed E-state index contributed by atoms with van der Waals surface area (Å²) >= 11 is 1.70. The van der Waals surface area contributed by atoms with Gasteiger partial charge in [-0.25, -0.2) is 4.98 Å². The number of likely N-dealkylation sites (tertiary alicyclic amines) is 1. The molecular weight excluding hydrogens is 270 g/mol. The average Bonchev–Trinajstić information content (AvgIpc) is 3.07. The van der Waals surface area contributed by atoms with E-state index in [0.717, 1.165) is 29.5 Å². The summed E-state index contributed by atoms with van der Waals surface area (Å²) in [7, 11) is 0. The van der Waals surface area contributed by atoms with Crippen LogP contribution in [0.4, 0.5) is 5.13 Å². The van der Waals surface area contributed by atoms with Crippen LogP contribution >= 0.6 is 11.3 Å². The number of aromatic nitrogens is 1. The Bertz CT molecular complexity index is 563. The van der Waals surface area contributed by atoms with Crippen LogP contribution in [0.3, 0.4) is 0 Å². The van der Waals surface area contributed by atoms with Crippen molar-refractivity contribution in [1.29, 1.82) is 0 Å². The Morgan fingerprint density at radius 2 is 2.20 bits per heavy atom. The van der Waals surface area contributed by atoms with Gasteiger partial charge < -0.3 is 15.0 Å². The summed E-state index contributed by atoms with van der Waals surface area (Å²) in [6.07, 6.45) is 2.70. The number of nitrogens with zero attached hydrogens (tertiary/aromatic N) is 2. The van der Waals surface area contributed by atoms with Crippen LogP contribution in [0.2, 0.25) is 0 Å². The van der Waals surface area contributed by atoms with E-state index in [1.165, 1.54) is 30.6 Å². The summed E-state index contributed by atoms with van der Waals surface area (Å²) in [5.41, 5.74) is 1.04. The maximum Gasteiger partial charge on any atom is 0.183 e. The standard InChI is InChI=1S/C15H21N3OS/c1-2-19-12-5-6-13-14(11-12)20-15(17-13)16-7-10-18-8-3-4-9-18/h5-6,11H,2-4,7-10H2,1H3,(H,16,17). The van der Waals surface area contributed by atoms with Crippen LogP contribution < -0.4 is 10.1 Å². The predicted molar refractivity (Wildman–Crippen MR) is 85.0 cm³/mol. The minimum atomic E-state index is 0.700. The van der Waals surface area contributed by atoms with Crippen molar-refractivity contribution in [1.82, 2.24) is 9.88 Å². The van der Waals surface area contributed by atoms with Gasteiger partial charge in [-0.3, -0.25) is 0 Å². The predicted octanol–water partition coefficient (Wildman–Crippen LogP) is 3.20. The summed E-state index contributed by atoms with van der Waals surface area (Å²) in [6.45, 7) is 7.28. The van der Waals surface area contributed by atoms with Crippen LogP contribution in [0.15, 0.2) is 18.2 Å². The van der Waals surface area contributed by atoms with Crippen LogP contribution in [0.25, 0.3) is 10.2 Å². The van der Waals surface area contributed by atoms with Crippen molar-refractivity contribution in [3.8, 4) is 5.75 Å². The lowest BCUT2D eigenvalue weighted by Gasteiger charge is -2.13. The molecule has 0 aliphatic carbocycles. The van der Waals surface area contributed by atoms with Crippen molar-refractivity contribution in [3.05, 3.63) is 18.2 Å². The number of hydrogen-bond acceptors (Lipinski definition) is 5. The van der Waals surface area contributed by atoms with Gasteiger partial charge in [-0.15, -0.1) is 0 Å². The largest absolute Gasteiger partial charge is 0.494 e. The fourth-order valence-corrected chi connectivity index (χ4v) is 3.48. The Labute approximate surface area is 123 Å². The van der Waals surface area contributed by atoms with Gasteiger partial charge >= 0.3 is 0 Å². The van der Waals surface area contributed by atoms with E-state index in [-0.39, 0.29) is 0 Å². The molecule has 0 spiro atoms. The van der Waals surface area contributed by atoms with Gasteiger partial charge in [0.05, 0.1) is 16.8 Å². The molecule has 0 radical (unpaired) electrons. The molecule has 4 nitrogen and oxygen atoms in total. The van der Waals surface area contributed by atoms with Crippen LogP contribution in [0, 0.1) is 0 Å². The Kier molecular flexibility index (Phi) is 4.38. The second-order valence-electron chi connectivity index (χ2n) is 5.06. The molecule has 1 aliphatic rings. The summed E-state index contributed by atoms with van der Waals surface area (Å²) in [6, 6.07) is 6.09. The van der Waals surface area contributed by atoms with E-state index < -0.39 is 0 Å². The molecule has 1 N–H and O–H groups in total. The van der Waals surface area contributed by atoms with Crippen molar-refractivity contribution in [2.24, 2.45) is 0 Å². The molecular formula is C15H21N3OS. The fourth-order valence-electron chi connectivity index (χ4n) is 2.56. The highest BCUT2D eigenvalue weighted by Gasteiger charge is 2.11. The summed E-state index contributed by atoms with van der Waals surface area (Å²) in [5.74, 6) is 0.923. The highest BCUT2D eigenvalue weighted by Crippen LogP contribution is 2.29. The third kappa shape index (κ3) is 3.22. The first kappa shape index (κ1) is 13.6. The van der Waals surface area contributed by atoms with Crippen molar-refractivity contribution in [2.75, 3.05) is 38.1 Å². The Morgan fingerprint density at radius 3 is 3.00 bits per heavy atom. The molecule has 0 saturated carbocycles. The molecule has 1 aliphatic heterocycles. The maximum atomic E-state index is 5.52. The number of anilines is 1. The van der Waals surface area contributed by atoms with Crippen LogP contribution in [0.5, 0.6) is 5.75 Å². The van der Waals surface area contributed by atoms with Gasteiger partial charge in [-0.1, -0.05) is 11.3 Å². The average molecular weight is 291 g/mol.